The molecule has 2 heterocycles. The second-order valence-corrected chi connectivity index (χ2v) is 20.1. The predicted molar refractivity (Wildman–Crippen MR) is 275 cm³/mol. The van der Waals surface area contributed by atoms with Gasteiger partial charge in [-0.3, -0.25) is 4.79 Å². The number of esters is 1. The number of aliphatic hydroxyl groups excluding tert-OH is 7. The summed E-state index contributed by atoms with van der Waals surface area (Å²) in [7, 11) is 0. The van der Waals surface area contributed by atoms with Gasteiger partial charge in [-0.15, -0.1) is 0 Å². The van der Waals surface area contributed by atoms with Crippen molar-refractivity contribution in [3.8, 4) is 0 Å². The van der Waals surface area contributed by atoms with Gasteiger partial charge in [0.2, 0.25) is 0 Å². The summed E-state index contributed by atoms with van der Waals surface area (Å²) in [5.74, 6) is -0.379. The van der Waals surface area contributed by atoms with Crippen LogP contribution in [0.4, 0.5) is 0 Å². The molecule has 11 atom stereocenters. The van der Waals surface area contributed by atoms with E-state index in [9.17, 15) is 40.5 Å². The van der Waals surface area contributed by atoms with Crippen LogP contribution in [-0.2, 0) is 33.2 Å². The minimum atomic E-state index is -1.71. The number of hydrogen-bond donors (Lipinski definition) is 7. The minimum absolute atomic E-state index is 0.0606. The molecule has 2 aliphatic rings. The number of hydrogen-bond acceptors (Lipinski definition) is 14. The maximum atomic E-state index is 13.0. The fourth-order valence-electron chi connectivity index (χ4n) is 9.04. The van der Waals surface area contributed by atoms with E-state index in [1.807, 2.05) is 0 Å². The fraction of sp³-hybridized carbons (Fsp3) is 0.911. The van der Waals surface area contributed by atoms with E-state index in [0.717, 1.165) is 44.9 Å². The van der Waals surface area contributed by atoms with Gasteiger partial charge in [0.1, 0.15) is 54.9 Å². The lowest BCUT2D eigenvalue weighted by molar-refractivity contribution is -0.332. The standard InChI is InChI=1S/C56H104O14/c1-3-5-7-9-11-13-15-17-19-21-22-24-26-28-30-32-34-36-38-40-65-42-45(68-48(58)39-37-35-33-31-29-27-25-23-20-18-16-14-12-10-8-6-4-2)43-66-55-54(64)52(62)50(60)47(70-55)44-67-56-53(63)51(61)49(59)46(41-57)69-56/h18-21,45-47,49-57,59-64H,3-17,22-44H2,1-2H3/b20-18-,21-19-. The van der Waals surface area contributed by atoms with Crippen LogP contribution in [0.3, 0.4) is 0 Å². The van der Waals surface area contributed by atoms with Gasteiger partial charge in [0.05, 0.1) is 26.4 Å². The van der Waals surface area contributed by atoms with Gasteiger partial charge in [-0.05, 0) is 64.2 Å². The highest BCUT2D eigenvalue weighted by Gasteiger charge is 2.47. The van der Waals surface area contributed by atoms with Crippen LogP contribution in [0, 0.1) is 0 Å². The molecular weight excluding hydrogens is 897 g/mol. The van der Waals surface area contributed by atoms with E-state index in [2.05, 4.69) is 38.2 Å². The Kier molecular flexibility index (Phi) is 40.4. The summed E-state index contributed by atoms with van der Waals surface area (Å²) < 4.78 is 34.4. The second-order valence-electron chi connectivity index (χ2n) is 20.1. The van der Waals surface area contributed by atoms with E-state index < -0.39 is 80.7 Å². The Morgan fingerprint density at radius 3 is 1.30 bits per heavy atom. The molecule has 0 spiro atoms. The van der Waals surface area contributed by atoms with Crippen LogP contribution in [0.2, 0.25) is 0 Å². The van der Waals surface area contributed by atoms with Gasteiger partial charge < -0.3 is 64.2 Å². The maximum absolute atomic E-state index is 13.0. The van der Waals surface area contributed by atoms with E-state index in [-0.39, 0.29) is 25.6 Å². The zero-order valence-electron chi connectivity index (χ0n) is 44.0. The Hall–Kier alpha value is -1.53. The van der Waals surface area contributed by atoms with E-state index in [1.54, 1.807) is 0 Å². The first-order valence-electron chi connectivity index (χ1n) is 28.4. The number of unbranched alkanes of at least 4 members (excludes halogenated alkanes) is 28. The zero-order chi connectivity index (χ0) is 50.9. The van der Waals surface area contributed by atoms with Gasteiger partial charge in [-0.1, -0.05) is 179 Å². The van der Waals surface area contributed by atoms with Crippen LogP contribution in [0.1, 0.15) is 226 Å². The van der Waals surface area contributed by atoms with Crippen LogP contribution in [0.15, 0.2) is 24.3 Å². The molecule has 2 fully saturated rings. The summed E-state index contributed by atoms with van der Waals surface area (Å²) in [6.07, 6.45) is 32.3. The smallest absolute Gasteiger partial charge is 0.306 e. The molecule has 412 valence electrons. The summed E-state index contributed by atoms with van der Waals surface area (Å²) in [5.41, 5.74) is 0. The molecule has 0 aromatic heterocycles. The Morgan fingerprint density at radius 1 is 0.457 bits per heavy atom. The largest absolute Gasteiger partial charge is 0.457 e. The molecule has 0 amide bonds. The molecule has 7 N–H and O–H groups in total. The van der Waals surface area contributed by atoms with Crippen molar-refractivity contribution in [2.24, 2.45) is 0 Å². The monoisotopic (exact) mass is 1000 g/mol. The summed E-state index contributed by atoms with van der Waals surface area (Å²) in [4.78, 5) is 13.0. The molecule has 14 nitrogen and oxygen atoms in total. The van der Waals surface area contributed by atoms with Crippen molar-refractivity contribution in [3.05, 3.63) is 24.3 Å². The number of carbonyl (C=O) groups is 1. The van der Waals surface area contributed by atoms with E-state index in [0.29, 0.717) is 13.0 Å². The van der Waals surface area contributed by atoms with Crippen molar-refractivity contribution in [1.82, 2.24) is 0 Å². The average molecular weight is 1000 g/mol. The predicted octanol–water partition coefficient (Wildman–Crippen LogP) is 9.58. The van der Waals surface area contributed by atoms with Crippen molar-refractivity contribution < 1.29 is 69.0 Å². The molecule has 14 heteroatoms. The van der Waals surface area contributed by atoms with Gasteiger partial charge in [0, 0.05) is 13.0 Å². The van der Waals surface area contributed by atoms with Crippen molar-refractivity contribution in [2.45, 2.75) is 293 Å². The number of allylic oxidation sites excluding steroid dienone is 4. The molecule has 2 aliphatic heterocycles. The van der Waals surface area contributed by atoms with Crippen LogP contribution < -0.4 is 0 Å². The van der Waals surface area contributed by atoms with Crippen LogP contribution in [-0.4, -0.2) is 142 Å². The van der Waals surface area contributed by atoms with E-state index >= 15 is 0 Å². The Balaban J connectivity index is 1.73. The summed E-state index contributed by atoms with van der Waals surface area (Å²) >= 11 is 0. The zero-order valence-corrected chi connectivity index (χ0v) is 44.0. The summed E-state index contributed by atoms with van der Waals surface area (Å²) in [6, 6.07) is 0. The van der Waals surface area contributed by atoms with Crippen molar-refractivity contribution >= 4 is 5.97 Å². The number of rotatable bonds is 46. The third kappa shape index (κ3) is 30.6. The van der Waals surface area contributed by atoms with E-state index in [4.69, 9.17) is 28.4 Å². The molecule has 0 aliphatic carbocycles. The first-order valence-corrected chi connectivity index (χ1v) is 28.4. The molecule has 0 aromatic rings. The molecular formula is C56H104O14. The van der Waals surface area contributed by atoms with Gasteiger partial charge in [0.25, 0.3) is 0 Å². The van der Waals surface area contributed by atoms with Crippen LogP contribution in [0.5, 0.6) is 0 Å². The van der Waals surface area contributed by atoms with Crippen molar-refractivity contribution in [2.75, 3.05) is 33.0 Å². The SMILES string of the molecule is CCCCCCCC/C=C\CCCCCCCCCC(=O)OC(COCCCCCCCCCC/C=C\CCCCCCCCC)COC1OC(COC2OC(CO)C(O)C(O)C2O)C(O)C(O)C1O. The minimum Gasteiger partial charge on any atom is -0.457 e. The van der Waals surface area contributed by atoms with E-state index in [1.165, 1.54) is 154 Å². The Morgan fingerprint density at radius 2 is 0.843 bits per heavy atom. The Labute approximate surface area is 424 Å². The average Bonchev–Trinajstić information content (AvgIpc) is 3.36. The molecule has 70 heavy (non-hydrogen) atoms. The summed E-state index contributed by atoms with van der Waals surface area (Å²) in [5, 5.41) is 72.3. The van der Waals surface area contributed by atoms with Gasteiger partial charge in [0.15, 0.2) is 12.6 Å². The molecule has 2 saturated heterocycles. The lowest BCUT2D eigenvalue weighted by atomic mass is 9.98. The highest BCUT2D eigenvalue weighted by atomic mass is 16.7. The second kappa shape index (κ2) is 43.8. The third-order valence-electron chi connectivity index (χ3n) is 13.7. The first kappa shape index (κ1) is 64.6. The van der Waals surface area contributed by atoms with Crippen molar-refractivity contribution in [1.29, 1.82) is 0 Å². The quantitative estimate of drug-likeness (QED) is 0.0172. The van der Waals surface area contributed by atoms with Gasteiger partial charge in [-0.25, -0.2) is 0 Å². The topological polar surface area (TPSA) is 214 Å². The highest BCUT2D eigenvalue weighted by molar-refractivity contribution is 5.69. The fourth-order valence-corrected chi connectivity index (χ4v) is 9.04. The normalized spacial score (nSPS) is 25.6. The summed E-state index contributed by atoms with van der Waals surface area (Å²) in [6.45, 7) is 3.70. The number of ether oxygens (including phenoxy) is 6. The highest BCUT2D eigenvalue weighted by Crippen LogP contribution is 2.27. The lowest BCUT2D eigenvalue weighted by Gasteiger charge is -2.42. The number of carbonyl (C=O) groups excluding carboxylic acids is 1. The van der Waals surface area contributed by atoms with Crippen LogP contribution in [0.25, 0.3) is 0 Å². The van der Waals surface area contributed by atoms with Crippen LogP contribution >= 0.6 is 0 Å². The maximum Gasteiger partial charge on any atom is 0.306 e. The van der Waals surface area contributed by atoms with Gasteiger partial charge >= 0.3 is 5.97 Å². The molecule has 0 bridgehead atoms. The van der Waals surface area contributed by atoms with Gasteiger partial charge in [-0.2, -0.15) is 0 Å². The molecule has 0 radical (unpaired) electrons. The Bertz CT molecular complexity index is 1250. The molecule has 2 rings (SSSR count). The molecule has 11 unspecified atom stereocenters. The molecule has 0 saturated carbocycles. The first-order chi connectivity index (χ1) is 34.1. The van der Waals surface area contributed by atoms with Crippen molar-refractivity contribution in [3.63, 3.8) is 0 Å². The number of aliphatic hydroxyl groups is 7. The molecule has 0 aromatic carbocycles. The lowest BCUT2D eigenvalue weighted by Crippen LogP contribution is -2.61. The third-order valence-corrected chi connectivity index (χ3v) is 13.7.